The average Bonchev–Trinajstić information content (AvgIpc) is 3.03. The summed E-state index contributed by atoms with van der Waals surface area (Å²) in [5.74, 6) is 2.23. The summed E-state index contributed by atoms with van der Waals surface area (Å²) in [4.78, 5) is 18.3. The Morgan fingerprint density at radius 2 is 2.04 bits per heavy atom. The molecule has 1 aliphatic rings. The zero-order valence-electron chi connectivity index (χ0n) is 16.6. The topological polar surface area (TPSA) is 72.4 Å². The second-order valence-electron chi connectivity index (χ2n) is 6.55. The van der Waals surface area contributed by atoms with Crippen molar-refractivity contribution in [2.45, 2.75) is 20.0 Å². The normalized spacial score (nSPS) is 20.5. The van der Waals surface area contributed by atoms with Crippen molar-refractivity contribution in [3.63, 3.8) is 0 Å². The SMILES string of the molecule is CN=C(NCC(C)Oc1cccc(OC)c1)N1CC(C)C(C(=O)OC)C1.I. The number of rotatable bonds is 6. The van der Waals surface area contributed by atoms with Gasteiger partial charge in [0.15, 0.2) is 5.96 Å². The molecule has 0 aliphatic carbocycles. The minimum absolute atomic E-state index is 0. The molecule has 0 radical (unpaired) electrons. The van der Waals surface area contributed by atoms with Crippen LogP contribution in [0.2, 0.25) is 0 Å². The van der Waals surface area contributed by atoms with E-state index in [1.165, 1.54) is 7.11 Å². The Bertz CT molecular complexity index is 641. The van der Waals surface area contributed by atoms with Gasteiger partial charge in [-0.05, 0) is 25.0 Å². The fraction of sp³-hybridized carbons (Fsp3) is 0.579. The Labute approximate surface area is 178 Å². The minimum Gasteiger partial charge on any atom is -0.497 e. The van der Waals surface area contributed by atoms with E-state index in [0.717, 1.165) is 24.0 Å². The number of carbonyl (C=O) groups excluding carboxylic acids is 1. The van der Waals surface area contributed by atoms with E-state index in [9.17, 15) is 4.79 Å². The van der Waals surface area contributed by atoms with Gasteiger partial charge >= 0.3 is 5.97 Å². The van der Waals surface area contributed by atoms with E-state index in [1.54, 1.807) is 14.2 Å². The van der Waals surface area contributed by atoms with Crippen molar-refractivity contribution in [1.29, 1.82) is 0 Å². The highest BCUT2D eigenvalue weighted by molar-refractivity contribution is 14.0. The van der Waals surface area contributed by atoms with Gasteiger partial charge in [-0.25, -0.2) is 0 Å². The van der Waals surface area contributed by atoms with Gasteiger partial charge in [0.2, 0.25) is 0 Å². The summed E-state index contributed by atoms with van der Waals surface area (Å²) >= 11 is 0. The van der Waals surface area contributed by atoms with Crippen LogP contribution in [0.15, 0.2) is 29.3 Å². The number of benzene rings is 1. The lowest BCUT2D eigenvalue weighted by Crippen LogP contribution is -2.44. The van der Waals surface area contributed by atoms with Crippen LogP contribution in [0.3, 0.4) is 0 Å². The molecule has 27 heavy (non-hydrogen) atoms. The third-order valence-electron chi connectivity index (χ3n) is 4.55. The molecule has 1 aromatic rings. The molecule has 0 saturated carbocycles. The Hall–Kier alpha value is -1.71. The molecule has 1 aromatic carbocycles. The highest BCUT2D eigenvalue weighted by Gasteiger charge is 2.36. The molecule has 1 N–H and O–H groups in total. The fourth-order valence-corrected chi connectivity index (χ4v) is 3.11. The van der Waals surface area contributed by atoms with Gasteiger partial charge in [0.25, 0.3) is 0 Å². The predicted octanol–water partition coefficient (Wildman–Crippen LogP) is 2.40. The molecular formula is C19H30IN3O4. The van der Waals surface area contributed by atoms with Crippen LogP contribution in [0.5, 0.6) is 11.5 Å². The van der Waals surface area contributed by atoms with Gasteiger partial charge in [0, 0.05) is 26.2 Å². The van der Waals surface area contributed by atoms with Crippen LogP contribution in [0.1, 0.15) is 13.8 Å². The van der Waals surface area contributed by atoms with Crippen molar-refractivity contribution in [3.05, 3.63) is 24.3 Å². The molecule has 0 amide bonds. The quantitative estimate of drug-likeness (QED) is 0.285. The van der Waals surface area contributed by atoms with E-state index >= 15 is 0 Å². The number of halogens is 1. The Kier molecular flexibility index (Phi) is 9.68. The van der Waals surface area contributed by atoms with Gasteiger partial charge in [-0.2, -0.15) is 0 Å². The van der Waals surface area contributed by atoms with E-state index in [0.29, 0.717) is 13.1 Å². The van der Waals surface area contributed by atoms with Crippen molar-refractivity contribution in [2.24, 2.45) is 16.8 Å². The number of hydrogen-bond acceptors (Lipinski definition) is 5. The first-order chi connectivity index (χ1) is 12.5. The largest absolute Gasteiger partial charge is 0.497 e. The smallest absolute Gasteiger partial charge is 0.310 e. The Balaban J connectivity index is 0.00000364. The summed E-state index contributed by atoms with van der Waals surface area (Å²) in [6, 6.07) is 7.53. The summed E-state index contributed by atoms with van der Waals surface area (Å²) in [6.07, 6.45) is -0.0599. The average molecular weight is 491 g/mol. The highest BCUT2D eigenvalue weighted by atomic mass is 127. The molecule has 1 saturated heterocycles. The van der Waals surface area contributed by atoms with Crippen LogP contribution in [0.4, 0.5) is 0 Å². The Morgan fingerprint density at radius 3 is 2.67 bits per heavy atom. The lowest BCUT2D eigenvalue weighted by atomic mass is 9.99. The molecule has 1 heterocycles. The lowest BCUT2D eigenvalue weighted by molar-refractivity contribution is -0.145. The summed E-state index contributed by atoms with van der Waals surface area (Å²) in [5.41, 5.74) is 0. The van der Waals surface area contributed by atoms with E-state index < -0.39 is 0 Å². The zero-order chi connectivity index (χ0) is 19.1. The highest BCUT2D eigenvalue weighted by Crippen LogP contribution is 2.24. The first-order valence-electron chi connectivity index (χ1n) is 8.82. The summed E-state index contributed by atoms with van der Waals surface area (Å²) in [7, 11) is 4.81. The molecule has 3 atom stereocenters. The minimum atomic E-state index is -0.162. The van der Waals surface area contributed by atoms with Crippen molar-refractivity contribution in [3.8, 4) is 11.5 Å². The number of methoxy groups -OCH3 is 2. The molecular weight excluding hydrogens is 461 g/mol. The van der Waals surface area contributed by atoms with Crippen LogP contribution >= 0.6 is 24.0 Å². The van der Waals surface area contributed by atoms with Crippen LogP contribution < -0.4 is 14.8 Å². The first kappa shape index (κ1) is 23.3. The van der Waals surface area contributed by atoms with Crippen molar-refractivity contribution in [1.82, 2.24) is 10.2 Å². The number of nitrogens with zero attached hydrogens (tertiary/aromatic N) is 2. The maximum Gasteiger partial charge on any atom is 0.310 e. The molecule has 1 fully saturated rings. The molecule has 1 aliphatic heterocycles. The van der Waals surface area contributed by atoms with Gasteiger partial charge in [-0.3, -0.25) is 9.79 Å². The number of guanidine groups is 1. The molecule has 8 heteroatoms. The molecule has 3 unspecified atom stereocenters. The van der Waals surface area contributed by atoms with Crippen LogP contribution in [-0.2, 0) is 9.53 Å². The maximum absolute atomic E-state index is 11.9. The summed E-state index contributed by atoms with van der Waals surface area (Å²) in [5, 5.41) is 3.33. The number of ether oxygens (including phenoxy) is 3. The van der Waals surface area contributed by atoms with E-state index in [2.05, 4.69) is 22.1 Å². The van der Waals surface area contributed by atoms with Gasteiger partial charge in [-0.15, -0.1) is 24.0 Å². The maximum atomic E-state index is 11.9. The summed E-state index contributed by atoms with van der Waals surface area (Å²) < 4.78 is 16.0. The molecule has 152 valence electrons. The fourth-order valence-electron chi connectivity index (χ4n) is 3.11. The number of likely N-dealkylation sites (tertiary alicyclic amines) is 1. The van der Waals surface area contributed by atoms with Crippen molar-refractivity contribution >= 4 is 35.9 Å². The third kappa shape index (κ3) is 6.44. The second-order valence-corrected chi connectivity index (χ2v) is 6.55. The van der Waals surface area contributed by atoms with Gasteiger partial charge < -0.3 is 24.4 Å². The number of nitrogens with one attached hydrogen (secondary N) is 1. The number of esters is 1. The van der Waals surface area contributed by atoms with Crippen LogP contribution in [0, 0.1) is 11.8 Å². The van der Waals surface area contributed by atoms with E-state index in [-0.39, 0.29) is 47.9 Å². The first-order valence-corrected chi connectivity index (χ1v) is 8.82. The van der Waals surface area contributed by atoms with Crippen LogP contribution in [0.25, 0.3) is 0 Å². The second kappa shape index (κ2) is 11.2. The number of hydrogen-bond donors (Lipinski definition) is 1. The molecule has 7 nitrogen and oxygen atoms in total. The van der Waals surface area contributed by atoms with E-state index in [1.807, 2.05) is 31.2 Å². The number of aliphatic imine (C=N–C) groups is 1. The van der Waals surface area contributed by atoms with E-state index in [4.69, 9.17) is 14.2 Å². The summed E-state index contributed by atoms with van der Waals surface area (Å²) in [6.45, 7) is 6.02. The predicted molar refractivity (Wildman–Crippen MR) is 116 cm³/mol. The van der Waals surface area contributed by atoms with Gasteiger partial charge in [0.05, 0.1) is 26.7 Å². The van der Waals surface area contributed by atoms with Gasteiger partial charge in [0.1, 0.15) is 17.6 Å². The molecule has 0 aromatic heterocycles. The standard InChI is InChI=1S/C19H29N3O4.HI/c1-13-11-22(12-17(13)18(23)25-5)19(20-3)21-10-14(2)26-16-8-6-7-15(9-16)24-4;/h6-9,13-14,17H,10-12H2,1-5H3,(H,20,21);1H. The monoisotopic (exact) mass is 491 g/mol. The van der Waals surface area contributed by atoms with Crippen molar-refractivity contribution in [2.75, 3.05) is 40.9 Å². The molecule has 0 spiro atoms. The van der Waals surface area contributed by atoms with Gasteiger partial charge in [-0.1, -0.05) is 13.0 Å². The third-order valence-corrected chi connectivity index (χ3v) is 4.55. The Morgan fingerprint density at radius 1 is 1.33 bits per heavy atom. The van der Waals surface area contributed by atoms with Crippen LogP contribution in [-0.4, -0.2) is 63.8 Å². The number of carbonyl (C=O) groups is 1. The zero-order valence-corrected chi connectivity index (χ0v) is 18.9. The molecule has 2 rings (SSSR count). The van der Waals surface area contributed by atoms with Crippen molar-refractivity contribution < 1.29 is 19.0 Å². The molecule has 0 bridgehead atoms. The lowest BCUT2D eigenvalue weighted by Gasteiger charge is -2.23.